The molecule has 2 amide bonds. The number of hydrogen-bond donors (Lipinski definition) is 0. The minimum atomic E-state index is -0.153. The molecule has 4 rings (SSSR count). The van der Waals surface area contributed by atoms with E-state index in [1.807, 2.05) is 9.80 Å². The maximum atomic E-state index is 12.7. The van der Waals surface area contributed by atoms with Gasteiger partial charge in [-0.2, -0.15) is 0 Å². The van der Waals surface area contributed by atoms with Crippen molar-refractivity contribution in [3.8, 4) is 0 Å². The van der Waals surface area contributed by atoms with Crippen molar-refractivity contribution in [2.75, 3.05) is 44.2 Å². The molecule has 0 N–H and O–H groups in total. The summed E-state index contributed by atoms with van der Waals surface area (Å²) in [6.07, 6.45) is 7.94. The number of amides is 2. The number of carbonyl (C=O) groups excluding carboxylic acids is 2. The first-order valence-electron chi connectivity index (χ1n) is 8.78. The summed E-state index contributed by atoms with van der Waals surface area (Å²) in [7, 11) is 0. The Morgan fingerprint density at radius 1 is 1.17 bits per heavy atom. The van der Waals surface area contributed by atoms with Gasteiger partial charge in [-0.15, -0.1) is 0 Å². The molecular weight excluding hydrogens is 306 g/mol. The summed E-state index contributed by atoms with van der Waals surface area (Å²) >= 11 is 0. The standard InChI is InChI=1S/C17H23N5O2/c23-16-9-14(12-22(16)11-13-1-2-13)17(24)21-7-5-20(6-8-21)15-10-18-3-4-19-15/h3-4,10,13-14H,1-2,5-9,11-12H2/t14-/m1/s1. The predicted molar refractivity (Wildman–Crippen MR) is 88.2 cm³/mol. The first kappa shape index (κ1) is 15.4. The monoisotopic (exact) mass is 329 g/mol. The van der Waals surface area contributed by atoms with Gasteiger partial charge < -0.3 is 14.7 Å². The summed E-state index contributed by atoms with van der Waals surface area (Å²) in [5.41, 5.74) is 0. The molecule has 0 radical (unpaired) electrons. The summed E-state index contributed by atoms with van der Waals surface area (Å²) in [4.78, 5) is 39.2. The Labute approximate surface area is 141 Å². The van der Waals surface area contributed by atoms with Gasteiger partial charge in [-0.05, 0) is 18.8 Å². The van der Waals surface area contributed by atoms with Gasteiger partial charge in [-0.25, -0.2) is 4.98 Å². The van der Waals surface area contributed by atoms with Crippen molar-refractivity contribution in [3.05, 3.63) is 18.6 Å². The van der Waals surface area contributed by atoms with Crippen molar-refractivity contribution in [3.63, 3.8) is 0 Å². The van der Waals surface area contributed by atoms with Gasteiger partial charge in [-0.3, -0.25) is 14.6 Å². The van der Waals surface area contributed by atoms with Crippen molar-refractivity contribution in [1.82, 2.24) is 19.8 Å². The molecule has 3 fully saturated rings. The Morgan fingerprint density at radius 3 is 2.62 bits per heavy atom. The fourth-order valence-electron chi connectivity index (χ4n) is 3.59. The van der Waals surface area contributed by atoms with Crippen LogP contribution in [0.5, 0.6) is 0 Å². The lowest BCUT2D eigenvalue weighted by Crippen LogP contribution is -2.51. The molecule has 0 unspecified atom stereocenters. The van der Waals surface area contributed by atoms with Crippen LogP contribution in [0.4, 0.5) is 5.82 Å². The number of aromatic nitrogens is 2. The molecule has 1 saturated carbocycles. The number of hydrogen-bond acceptors (Lipinski definition) is 5. The molecule has 2 saturated heterocycles. The SMILES string of the molecule is O=C1C[C@@H](C(=O)N2CCN(c3cnccn3)CC2)CN1CC1CC1. The molecule has 1 aromatic rings. The number of carbonyl (C=O) groups is 2. The Hall–Kier alpha value is -2.18. The molecule has 1 aromatic heterocycles. The highest BCUT2D eigenvalue weighted by Gasteiger charge is 2.39. The Kier molecular flexibility index (Phi) is 4.08. The van der Waals surface area contributed by atoms with Gasteiger partial charge in [-0.1, -0.05) is 0 Å². The van der Waals surface area contributed by atoms with Crippen LogP contribution in [0.15, 0.2) is 18.6 Å². The van der Waals surface area contributed by atoms with Gasteiger partial charge in [0.05, 0.1) is 12.1 Å². The highest BCUT2D eigenvalue weighted by molar-refractivity contribution is 5.89. The van der Waals surface area contributed by atoms with Crippen molar-refractivity contribution >= 4 is 17.6 Å². The van der Waals surface area contributed by atoms with E-state index in [0.717, 1.165) is 25.5 Å². The number of rotatable bonds is 4. The smallest absolute Gasteiger partial charge is 0.228 e. The minimum Gasteiger partial charge on any atom is -0.352 e. The van der Waals surface area contributed by atoms with E-state index in [4.69, 9.17) is 0 Å². The largest absolute Gasteiger partial charge is 0.352 e. The number of piperazine rings is 1. The van der Waals surface area contributed by atoms with E-state index in [0.29, 0.717) is 32.0 Å². The molecule has 0 aromatic carbocycles. The van der Waals surface area contributed by atoms with E-state index < -0.39 is 0 Å². The molecule has 7 nitrogen and oxygen atoms in total. The number of anilines is 1. The maximum Gasteiger partial charge on any atom is 0.228 e. The third-order valence-electron chi connectivity index (χ3n) is 5.20. The van der Waals surface area contributed by atoms with Crippen LogP contribution in [-0.4, -0.2) is 70.9 Å². The average Bonchev–Trinajstić information content (AvgIpc) is 3.37. The molecule has 24 heavy (non-hydrogen) atoms. The Morgan fingerprint density at radius 2 is 1.96 bits per heavy atom. The second-order valence-corrected chi connectivity index (χ2v) is 7.02. The fourth-order valence-corrected chi connectivity index (χ4v) is 3.59. The van der Waals surface area contributed by atoms with Gasteiger partial charge in [0.15, 0.2) is 0 Å². The van der Waals surface area contributed by atoms with E-state index in [1.165, 1.54) is 12.8 Å². The van der Waals surface area contributed by atoms with E-state index in [1.54, 1.807) is 18.6 Å². The van der Waals surface area contributed by atoms with Crippen molar-refractivity contribution in [2.45, 2.75) is 19.3 Å². The highest BCUT2D eigenvalue weighted by atomic mass is 16.2. The topological polar surface area (TPSA) is 69.6 Å². The summed E-state index contributed by atoms with van der Waals surface area (Å²) in [6, 6.07) is 0. The van der Waals surface area contributed by atoms with Crippen LogP contribution in [-0.2, 0) is 9.59 Å². The molecule has 3 aliphatic rings. The third kappa shape index (κ3) is 3.20. The van der Waals surface area contributed by atoms with Gasteiger partial charge in [0.2, 0.25) is 11.8 Å². The van der Waals surface area contributed by atoms with E-state index >= 15 is 0 Å². The molecule has 2 aliphatic heterocycles. The second-order valence-electron chi connectivity index (χ2n) is 7.02. The lowest BCUT2D eigenvalue weighted by Gasteiger charge is -2.36. The van der Waals surface area contributed by atoms with Crippen LogP contribution in [0, 0.1) is 11.8 Å². The van der Waals surface area contributed by atoms with Crippen LogP contribution in [0.2, 0.25) is 0 Å². The second kappa shape index (κ2) is 6.37. The summed E-state index contributed by atoms with van der Waals surface area (Å²) < 4.78 is 0. The van der Waals surface area contributed by atoms with E-state index in [-0.39, 0.29) is 17.7 Å². The zero-order valence-electron chi connectivity index (χ0n) is 13.8. The minimum absolute atomic E-state index is 0.139. The van der Waals surface area contributed by atoms with Crippen molar-refractivity contribution in [1.29, 1.82) is 0 Å². The predicted octanol–water partition coefficient (Wildman–Crippen LogP) is 0.384. The quantitative estimate of drug-likeness (QED) is 0.799. The Balaban J connectivity index is 1.31. The molecule has 128 valence electrons. The van der Waals surface area contributed by atoms with Gasteiger partial charge >= 0.3 is 0 Å². The van der Waals surface area contributed by atoms with Gasteiger partial charge in [0.1, 0.15) is 5.82 Å². The molecule has 0 bridgehead atoms. The fraction of sp³-hybridized carbons (Fsp3) is 0.647. The zero-order chi connectivity index (χ0) is 16.5. The molecule has 1 atom stereocenters. The first-order valence-corrected chi connectivity index (χ1v) is 8.78. The van der Waals surface area contributed by atoms with Gasteiger partial charge in [0, 0.05) is 58.1 Å². The summed E-state index contributed by atoms with van der Waals surface area (Å²) in [5.74, 6) is 1.67. The molecule has 7 heteroatoms. The van der Waals surface area contributed by atoms with Gasteiger partial charge in [0.25, 0.3) is 0 Å². The molecule has 3 heterocycles. The van der Waals surface area contributed by atoms with Crippen LogP contribution >= 0.6 is 0 Å². The normalized spacial score (nSPS) is 24.6. The van der Waals surface area contributed by atoms with Crippen LogP contribution < -0.4 is 4.90 Å². The van der Waals surface area contributed by atoms with Crippen LogP contribution in [0.1, 0.15) is 19.3 Å². The van der Waals surface area contributed by atoms with Crippen LogP contribution in [0.3, 0.4) is 0 Å². The van der Waals surface area contributed by atoms with Crippen molar-refractivity contribution in [2.24, 2.45) is 11.8 Å². The zero-order valence-corrected chi connectivity index (χ0v) is 13.8. The lowest BCUT2D eigenvalue weighted by molar-refractivity contribution is -0.136. The van der Waals surface area contributed by atoms with E-state index in [9.17, 15) is 9.59 Å². The molecular formula is C17H23N5O2. The third-order valence-corrected chi connectivity index (χ3v) is 5.20. The number of nitrogens with zero attached hydrogens (tertiary/aromatic N) is 5. The Bertz CT molecular complexity index is 611. The lowest BCUT2D eigenvalue weighted by atomic mass is 10.1. The number of likely N-dealkylation sites (tertiary alicyclic amines) is 1. The molecule has 0 spiro atoms. The molecule has 1 aliphatic carbocycles. The van der Waals surface area contributed by atoms with Crippen LogP contribution in [0.25, 0.3) is 0 Å². The maximum absolute atomic E-state index is 12.7. The summed E-state index contributed by atoms with van der Waals surface area (Å²) in [6.45, 7) is 4.35. The highest BCUT2D eigenvalue weighted by Crippen LogP contribution is 2.32. The van der Waals surface area contributed by atoms with Crippen molar-refractivity contribution < 1.29 is 9.59 Å². The average molecular weight is 329 g/mol. The van der Waals surface area contributed by atoms with E-state index in [2.05, 4.69) is 14.9 Å². The first-order chi connectivity index (χ1) is 11.7. The summed E-state index contributed by atoms with van der Waals surface area (Å²) in [5, 5.41) is 0.